The second-order valence-corrected chi connectivity index (χ2v) is 11.4. The third-order valence-electron chi connectivity index (χ3n) is 8.14. The molecular weight excluding hydrogens is 542 g/mol. The molecule has 3 atom stereocenters. The molecule has 7 rings (SSSR count). The molecule has 39 heavy (non-hydrogen) atoms. The topological polar surface area (TPSA) is 87.5 Å². The molecule has 3 aliphatic rings. The van der Waals surface area contributed by atoms with E-state index in [0.29, 0.717) is 34.5 Å². The van der Waals surface area contributed by atoms with Crippen LogP contribution in [-0.2, 0) is 11.3 Å². The van der Waals surface area contributed by atoms with E-state index >= 15 is 4.39 Å². The summed E-state index contributed by atoms with van der Waals surface area (Å²) in [4.78, 5) is 32.9. The number of halogens is 3. The molecule has 0 unspecified atom stereocenters. The number of nitrogens with one attached hydrogen (secondary N) is 1. The van der Waals surface area contributed by atoms with Crippen molar-refractivity contribution in [1.82, 2.24) is 9.55 Å². The quantitative estimate of drug-likeness (QED) is 0.304. The number of aromatic nitrogens is 2. The first-order valence-corrected chi connectivity index (χ1v) is 13.6. The molecule has 2 aliphatic heterocycles. The number of rotatable bonds is 4. The summed E-state index contributed by atoms with van der Waals surface area (Å²) in [5.41, 5.74) is 3.07. The third kappa shape index (κ3) is 3.96. The van der Waals surface area contributed by atoms with Crippen molar-refractivity contribution in [2.24, 2.45) is 5.92 Å². The van der Waals surface area contributed by atoms with E-state index in [1.807, 2.05) is 16.7 Å². The summed E-state index contributed by atoms with van der Waals surface area (Å²) in [6.45, 7) is 1.28. The Morgan fingerprint density at radius 2 is 1.95 bits per heavy atom. The van der Waals surface area contributed by atoms with Crippen molar-refractivity contribution in [2.45, 2.75) is 37.3 Å². The molecular formula is C29H23Cl2FN4O3. The van der Waals surface area contributed by atoms with E-state index < -0.39 is 23.6 Å². The van der Waals surface area contributed by atoms with Crippen LogP contribution in [0.1, 0.15) is 46.4 Å². The van der Waals surface area contributed by atoms with E-state index in [2.05, 4.69) is 10.2 Å². The van der Waals surface area contributed by atoms with Crippen molar-refractivity contribution < 1.29 is 19.1 Å². The third-order valence-corrected chi connectivity index (χ3v) is 8.67. The average Bonchev–Trinajstić information content (AvgIpc) is 3.56. The molecule has 1 aromatic heterocycles. The summed E-state index contributed by atoms with van der Waals surface area (Å²) in [6.07, 6.45) is 2.25. The highest BCUT2D eigenvalue weighted by Gasteiger charge is 2.50. The van der Waals surface area contributed by atoms with Gasteiger partial charge in [0.25, 0.3) is 0 Å². The monoisotopic (exact) mass is 564 g/mol. The van der Waals surface area contributed by atoms with Gasteiger partial charge >= 0.3 is 5.97 Å². The fraction of sp³-hybridized carbons (Fsp3) is 0.276. The van der Waals surface area contributed by atoms with Crippen LogP contribution >= 0.6 is 23.2 Å². The first-order valence-electron chi connectivity index (χ1n) is 12.8. The molecule has 2 N–H and O–H groups in total. The second-order valence-electron chi connectivity index (χ2n) is 10.5. The molecule has 1 amide bonds. The molecule has 1 saturated carbocycles. The molecule has 198 valence electrons. The number of imidazole rings is 1. The molecule has 0 spiro atoms. The fourth-order valence-electron chi connectivity index (χ4n) is 6.18. The molecule has 0 bridgehead atoms. The minimum absolute atomic E-state index is 0.0604. The number of amides is 1. The molecule has 0 saturated heterocycles. The lowest BCUT2D eigenvalue weighted by Gasteiger charge is -2.40. The van der Waals surface area contributed by atoms with Crippen LogP contribution in [0, 0.1) is 11.7 Å². The summed E-state index contributed by atoms with van der Waals surface area (Å²) < 4.78 is 17.7. The summed E-state index contributed by atoms with van der Waals surface area (Å²) in [5.74, 6) is -2.39. The van der Waals surface area contributed by atoms with Crippen LogP contribution in [0.25, 0.3) is 11.0 Å². The SMILES string of the molecule is O=C(O)c1ccc2c(c1)nc1n2C[C@@H]2[C@H]1[C@@H](c1cccc(Cl)c1F)C(=O)Nc1cc(Cl)ccc1N2CC1CC1. The molecule has 4 aromatic rings. The van der Waals surface area contributed by atoms with Gasteiger partial charge in [-0.25, -0.2) is 14.2 Å². The Hall–Kier alpha value is -3.62. The van der Waals surface area contributed by atoms with Gasteiger partial charge in [-0.2, -0.15) is 0 Å². The first kappa shape index (κ1) is 24.4. The summed E-state index contributed by atoms with van der Waals surface area (Å²) in [5, 5.41) is 13.0. The van der Waals surface area contributed by atoms with Gasteiger partial charge in [0, 0.05) is 23.7 Å². The lowest BCUT2D eigenvalue weighted by atomic mass is 9.79. The largest absolute Gasteiger partial charge is 0.478 e. The Labute approximate surface area is 233 Å². The number of carbonyl (C=O) groups excluding carboxylic acids is 1. The van der Waals surface area contributed by atoms with Crippen LogP contribution < -0.4 is 10.2 Å². The van der Waals surface area contributed by atoms with E-state index in [1.165, 1.54) is 12.1 Å². The van der Waals surface area contributed by atoms with Crippen LogP contribution in [0.4, 0.5) is 15.8 Å². The Kier molecular flexibility index (Phi) is 5.61. The smallest absolute Gasteiger partial charge is 0.335 e. The molecule has 1 fully saturated rings. The molecule has 10 heteroatoms. The van der Waals surface area contributed by atoms with Crippen molar-refractivity contribution >= 4 is 57.5 Å². The number of hydrogen-bond acceptors (Lipinski definition) is 4. The van der Waals surface area contributed by atoms with Crippen molar-refractivity contribution in [3.8, 4) is 0 Å². The van der Waals surface area contributed by atoms with Gasteiger partial charge < -0.3 is 19.9 Å². The minimum Gasteiger partial charge on any atom is -0.478 e. The highest BCUT2D eigenvalue weighted by molar-refractivity contribution is 6.31. The maximum absolute atomic E-state index is 15.6. The van der Waals surface area contributed by atoms with E-state index in [-0.39, 0.29) is 28.1 Å². The van der Waals surface area contributed by atoms with Crippen molar-refractivity contribution in [2.75, 3.05) is 16.8 Å². The Bertz CT molecular complexity index is 1680. The van der Waals surface area contributed by atoms with Gasteiger partial charge in [-0.05, 0) is 61.2 Å². The minimum atomic E-state index is -1.04. The number of nitrogens with zero attached hydrogens (tertiary/aromatic N) is 3. The number of aromatic carboxylic acids is 1. The molecule has 7 nitrogen and oxygen atoms in total. The van der Waals surface area contributed by atoms with Gasteiger partial charge in [-0.15, -0.1) is 0 Å². The van der Waals surface area contributed by atoms with Crippen LogP contribution in [0.5, 0.6) is 0 Å². The predicted octanol–water partition coefficient (Wildman–Crippen LogP) is 6.30. The number of hydrogen-bond donors (Lipinski definition) is 2. The number of benzene rings is 3. The van der Waals surface area contributed by atoms with Gasteiger partial charge in [0.1, 0.15) is 11.6 Å². The zero-order valence-corrected chi connectivity index (χ0v) is 22.1. The lowest BCUT2D eigenvalue weighted by Crippen LogP contribution is -2.46. The molecule has 1 aliphatic carbocycles. The normalized spacial score (nSPS) is 22.1. The fourth-order valence-corrected chi connectivity index (χ4v) is 6.54. The van der Waals surface area contributed by atoms with Crippen molar-refractivity contribution in [3.05, 3.63) is 87.4 Å². The van der Waals surface area contributed by atoms with Crippen LogP contribution in [0.15, 0.2) is 54.6 Å². The summed E-state index contributed by atoms with van der Waals surface area (Å²) in [6, 6.07) is 14.8. The standard InChI is InChI=1S/C29H23Cl2FN4O3/c30-16-7-9-21-20(11-16)34-28(37)24(17-2-1-3-18(31)26(17)32)25-23(35(21)12-14-4-5-14)13-36-22-8-6-15(29(38)39)10-19(22)33-27(25)36/h1-3,6-11,14,23-25H,4-5,12-13H2,(H,34,37)(H,38,39)/t23-,24-,25+/m1/s1. The maximum Gasteiger partial charge on any atom is 0.335 e. The van der Waals surface area contributed by atoms with Gasteiger partial charge in [-0.1, -0.05) is 35.3 Å². The first-order chi connectivity index (χ1) is 18.8. The van der Waals surface area contributed by atoms with Crippen LogP contribution in [0.2, 0.25) is 10.0 Å². The van der Waals surface area contributed by atoms with Gasteiger partial charge in [0.05, 0.1) is 50.9 Å². The number of fused-ring (bicyclic) bond motifs is 6. The molecule has 3 heterocycles. The number of carbonyl (C=O) groups is 2. The highest BCUT2D eigenvalue weighted by atomic mass is 35.5. The van der Waals surface area contributed by atoms with Gasteiger partial charge in [0.2, 0.25) is 5.91 Å². The van der Waals surface area contributed by atoms with E-state index in [0.717, 1.165) is 30.6 Å². The summed E-state index contributed by atoms with van der Waals surface area (Å²) in [7, 11) is 0. The number of anilines is 2. The van der Waals surface area contributed by atoms with Gasteiger partial charge in [-0.3, -0.25) is 4.79 Å². The van der Waals surface area contributed by atoms with Crippen LogP contribution in [-0.4, -0.2) is 39.1 Å². The Morgan fingerprint density at radius 1 is 1.13 bits per heavy atom. The average molecular weight is 565 g/mol. The van der Waals surface area contributed by atoms with Crippen molar-refractivity contribution in [1.29, 1.82) is 0 Å². The molecule has 0 radical (unpaired) electrons. The number of carboxylic acids is 1. The predicted molar refractivity (Wildman–Crippen MR) is 148 cm³/mol. The number of carboxylic acid groups (broad SMARTS) is 1. The van der Waals surface area contributed by atoms with Gasteiger partial charge in [0.15, 0.2) is 0 Å². The highest BCUT2D eigenvalue weighted by Crippen LogP contribution is 2.50. The Balaban J connectivity index is 1.47. The zero-order valence-electron chi connectivity index (χ0n) is 20.6. The maximum atomic E-state index is 15.6. The van der Waals surface area contributed by atoms with Crippen LogP contribution in [0.3, 0.4) is 0 Å². The zero-order chi connectivity index (χ0) is 27.0. The van der Waals surface area contributed by atoms with E-state index in [9.17, 15) is 14.7 Å². The molecule has 3 aromatic carbocycles. The van der Waals surface area contributed by atoms with E-state index in [4.69, 9.17) is 28.2 Å². The second kappa shape index (κ2) is 8.96. The Morgan fingerprint density at radius 3 is 2.72 bits per heavy atom. The van der Waals surface area contributed by atoms with Crippen molar-refractivity contribution in [3.63, 3.8) is 0 Å². The lowest BCUT2D eigenvalue weighted by molar-refractivity contribution is -0.118. The van der Waals surface area contributed by atoms with E-state index in [1.54, 1.807) is 30.3 Å². The summed E-state index contributed by atoms with van der Waals surface area (Å²) >= 11 is 12.6.